The average molecular weight is 495 g/mol. The minimum Gasteiger partial charge on any atom is -0.372 e. The van der Waals surface area contributed by atoms with E-state index in [0.29, 0.717) is 11.7 Å². The third kappa shape index (κ3) is 4.53. The van der Waals surface area contributed by atoms with E-state index < -0.39 is 0 Å². The van der Waals surface area contributed by atoms with E-state index in [1.807, 2.05) is 13.0 Å². The third-order valence-electron chi connectivity index (χ3n) is 6.64. The normalized spacial score (nSPS) is 15.5. The molecule has 1 fully saturated rings. The number of amides is 1. The summed E-state index contributed by atoms with van der Waals surface area (Å²) in [4.78, 5) is 35.4. The summed E-state index contributed by atoms with van der Waals surface area (Å²) in [5.41, 5.74) is 4.26. The molecule has 178 valence electrons. The summed E-state index contributed by atoms with van der Waals surface area (Å²) in [5, 5.41) is 4.37. The van der Waals surface area contributed by atoms with Crippen molar-refractivity contribution in [2.24, 2.45) is 0 Å². The van der Waals surface area contributed by atoms with Crippen LogP contribution in [0.25, 0.3) is 10.2 Å². The zero-order valence-corrected chi connectivity index (χ0v) is 21.2. The van der Waals surface area contributed by atoms with E-state index in [2.05, 4.69) is 28.9 Å². The fraction of sp³-hybridized carbons (Fsp3) is 0.423. The second-order valence-electron chi connectivity index (χ2n) is 9.02. The van der Waals surface area contributed by atoms with Crippen molar-refractivity contribution in [2.45, 2.75) is 57.1 Å². The van der Waals surface area contributed by atoms with Crippen molar-refractivity contribution in [2.75, 3.05) is 29.1 Å². The van der Waals surface area contributed by atoms with Gasteiger partial charge in [0.2, 0.25) is 5.91 Å². The standard InChI is InChI=1S/C26H30N4O2S2/c1-3-12-30-25(32)23-19-8-4-5-9-21(19)34-24(23)28-26(30)33-16-22(31)27-20-11-10-18(15-17(20)2)29-13-6-7-14-29/h3,10-11,15H,1,4-9,12-14,16H2,2H3,(H,27,31). The molecule has 5 rings (SSSR count). The number of anilines is 2. The Bertz CT molecular complexity index is 1300. The number of hydrogen-bond donors (Lipinski definition) is 1. The Morgan fingerprint density at radius 3 is 2.79 bits per heavy atom. The predicted octanol–water partition coefficient (Wildman–Crippen LogP) is 5.16. The first-order valence-electron chi connectivity index (χ1n) is 12.0. The monoisotopic (exact) mass is 494 g/mol. The number of thioether (sulfide) groups is 1. The van der Waals surface area contributed by atoms with Gasteiger partial charge in [-0.25, -0.2) is 4.98 Å². The van der Waals surface area contributed by atoms with E-state index >= 15 is 0 Å². The minimum atomic E-state index is -0.105. The van der Waals surface area contributed by atoms with Gasteiger partial charge in [-0.1, -0.05) is 17.8 Å². The van der Waals surface area contributed by atoms with Crippen molar-refractivity contribution in [1.29, 1.82) is 0 Å². The van der Waals surface area contributed by atoms with Crippen LogP contribution in [-0.2, 0) is 24.2 Å². The highest BCUT2D eigenvalue weighted by Gasteiger charge is 2.22. The maximum absolute atomic E-state index is 13.4. The Kier molecular flexibility index (Phi) is 6.79. The lowest BCUT2D eigenvalue weighted by atomic mass is 9.97. The van der Waals surface area contributed by atoms with Crippen LogP contribution < -0.4 is 15.8 Å². The molecule has 8 heteroatoms. The number of aromatic nitrogens is 2. The first-order chi connectivity index (χ1) is 16.5. The molecular weight excluding hydrogens is 464 g/mol. The summed E-state index contributed by atoms with van der Waals surface area (Å²) in [7, 11) is 0. The van der Waals surface area contributed by atoms with Crippen molar-refractivity contribution in [3.63, 3.8) is 0 Å². The number of fused-ring (bicyclic) bond motifs is 3. The fourth-order valence-electron chi connectivity index (χ4n) is 4.90. The van der Waals surface area contributed by atoms with Gasteiger partial charge in [-0.15, -0.1) is 17.9 Å². The molecule has 3 aromatic rings. The Morgan fingerprint density at radius 1 is 1.24 bits per heavy atom. The number of hydrogen-bond acceptors (Lipinski definition) is 6. The highest BCUT2D eigenvalue weighted by Crippen LogP contribution is 2.35. The molecule has 0 atom stereocenters. The predicted molar refractivity (Wildman–Crippen MR) is 143 cm³/mol. The number of nitrogens with zero attached hydrogens (tertiary/aromatic N) is 3. The lowest BCUT2D eigenvalue weighted by Gasteiger charge is -2.19. The quantitative estimate of drug-likeness (QED) is 0.279. The molecule has 0 radical (unpaired) electrons. The van der Waals surface area contributed by atoms with Gasteiger partial charge < -0.3 is 10.2 Å². The van der Waals surface area contributed by atoms with Gasteiger partial charge in [0.15, 0.2) is 5.16 Å². The maximum atomic E-state index is 13.4. The number of nitrogens with one attached hydrogen (secondary N) is 1. The fourth-order valence-corrected chi connectivity index (χ4v) is 7.01. The topological polar surface area (TPSA) is 67.2 Å². The van der Waals surface area contributed by atoms with Gasteiger partial charge in [-0.3, -0.25) is 14.2 Å². The van der Waals surface area contributed by atoms with E-state index in [0.717, 1.165) is 53.8 Å². The molecule has 0 unspecified atom stereocenters. The van der Waals surface area contributed by atoms with Gasteiger partial charge >= 0.3 is 0 Å². The van der Waals surface area contributed by atoms with Crippen LogP contribution in [0.3, 0.4) is 0 Å². The molecule has 0 bridgehead atoms. The molecular formula is C26H30N4O2S2. The molecule has 2 aliphatic rings. The van der Waals surface area contributed by atoms with Crippen LogP contribution in [0.4, 0.5) is 11.4 Å². The van der Waals surface area contributed by atoms with Gasteiger partial charge in [-0.2, -0.15) is 0 Å². The van der Waals surface area contributed by atoms with Gasteiger partial charge in [-0.05, 0) is 74.8 Å². The SMILES string of the molecule is C=CCn1c(SCC(=O)Nc2ccc(N3CCCC3)cc2C)nc2sc3c(c2c1=O)CCCC3. The second-order valence-corrected chi connectivity index (χ2v) is 11.0. The summed E-state index contributed by atoms with van der Waals surface area (Å²) in [6, 6.07) is 6.21. The van der Waals surface area contributed by atoms with E-state index in [9.17, 15) is 9.59 Å². The molecule has 1 aromatic carbocycles. The van der Waals surface area contributed by atoms with Gasteiger partial charge in [0.1, 0.15) is 4.83 Å². The van der Waals surface area contributed by atoms with Crippen LogP contribution >= 0.6 is 23.1 Å². The molecule has 1 aliphatic carbocycles. The van der Waals surface area contributed by atoms with Crippen LogP contribution in [0.2, 0.25) is 0 Å². The number of carbonyl (C=O) groups is 1. The van der Waals surface area contributed by atoms with Crippen molar-refractivity contribution in [1.82, 2.24) is 9.55 Å². The molecule has 2 aromatic heterocycles. The minimum absolute atomic E-state index is 0.0134. The summed E-state index contributed by atoms with van der Waals surface area (Å²) in [6.07, 6.45) is 8.45. The number of benzene rings is 1. The van der Waals surface area contributed by atoms with E-state index in [1.165, 1.54) is 47.2 Å². The molecule has 1 N–H and O–H groups in total. The molecule has 1 amide bonds. The molecule has 1 saturated heterocycles. The van der Waals surface area contributed by atoms with Gasteiger partial charge in [0.25, 0.3) is 5.56 Å². The highest BCUT2D eigenvalue weighted by atomic mass is 32.2. The van der Waals surface area contributed by atoms with Crippen LogP contribution in [0.1, 0.15) is 41.7 Å². The Morgan fingerprint density at radius 2 is 2.03 bits per heavy atom. The highest BCUT2D eigenvalue weighted by molar-refractivity contribution is 7.99. The van der Waals surface area contributed by atoms with E-state index in [1.54, 1.807) is 22.0 Å². The first-order valence-corrected chi connectivity index (χ1v) is 13.8. The van der Waals surface area contributed by atoms with E-state index in [-0.39, 0.29) is 17.2 Å². The summed E-state index contributed by atoms with van der Waals surface area (Å²) in [6.45, 7) is 8.41. The zero-order chi connectivity index (χ0) is 23.7. The Balaban J connectivity index is 1.33. The van der Waals surface area contributed by atoms with Gasteiger partial charge in [0, 0.05) is 35.9 Å². The average Bonchev–Trinajstić information content (AvgIpc) is 3.49. The smallest absolute Gasteiger partial charge is 0.263 e. The summed E-state index contributed by atoms with van der Waals surface area (Å²) in [5.74, 6) is 0.0834. The van der Waals surface area contributed by atoms with Crippen molar-refractivity contribution in [3.05, 3.63) is 57.2 Å². The lowest BCUT2D eigenvalue weighted by molar-refractivity contribution is -0.113. The molecule has 0 saturated carbocycles. The second kappa shape index (κ2) is 9.96. The van der Waals surface area contributed by atoms with Crippen molar-refractivity contribution >= 4 is 50.6 Å². The lowest BCUT2D eigenvalue weighted by Crippen LogP contribution is -2.24. The first kappa shape index (κ1) is 23.2. The number of carbonyl (C=O) groups excluding carboxylic acids is 1. The number of rotatable bonds is 7. The number of aryl methyl sites for hydroxylation is 3. The molecule has 34 heavy (non-hydrogen) atoms. The number of thiophene rings is 1. The third-order valence-corrected chi connectivity index (χ3v) is 8.80. The molecule has 3 heterocycles. The van der Waals surface area contributed by atoms with Crippen molar-refractivity contribution in [3.8, 4) is 0 Å². The Hall–Kier alpha value is -2.58. The molecule has 6 nitrogen and oxygen atoms in total. The number of allylic oxidation sites excluding steroid dienone is 1. The summed E-state index contributed by atoms with van der Waals surface area (Å²) < 4.78 is 1.66. The van der Waals surface area contributed by atoms with Crippen molar-refractivity contribution < 1.29 is 4.79 Å². The van der Waals surface area contributed by atoms with E-state index in [4.69, 9.17) is 4.98 Å². The zero-order valence-electron chi connectivity index (χ0n) is 19.6. The largest absolute Gasteiger partial charge is 0.372 e. The molecule has 1 aliphatic heterocycles. The van der Waals surface area contributed by atoms with Crippen LogP contribution in [0.5, 0.6) is 0 Å². The van der Waals surface area contributed by atoms with Crippen LogP contribution in [0.15, 0.2) is 40.8 Å². The Labute approximate surface area is 208 Å². The van der Waals surface area contributed by atoms with Gasteiger partial charge in [0.05, 0.1) is 11.1 Å². The van der Waals surface area contributed by atoms with Crippen LogP contribution in [0, 0.1) is 6.92 Å². The summed E-state index contributed by atoms with van der Waals surface area (Å²) >= 11 is 2.95. The molecule has 0 spiro atoms. The maximum Gasteiger partial charge on any atom is 0.263 e. The van der Waals surface area contributed by atoms with Crippen LogP contribution in [-0.4, -0.2) is 34.3 Å².